The van der Waals surface area contributed by atoms with Crippen molar-refractivity contribution in [2.45, 2.75) is 0 Å². The van der Waals surface area contributed by atoms with Gasteiger partial charge in [-0.15, -0.1) is 0 Å². The molecule has 0 radical (unpaired) electrons. The summed E-state index contributed by atoms with van der Waals surface area (Å²) in [5, 5.41) is -5.89. The maximum Gasteiger partial charge on any atom is 0.864 e. The van der Waals surface area contributed by atoms with Gasteiger partial charge in [0, 0.05) is 26.9 Å². The Morgan fingerprint density at radius 2 is 0.745 bits per heavy atom. The van der Waals surface area contributed by atoms with Gasteiger partial charge in [0.1, 0.15) is 29.0 Å². The second-order valence-electron chi connectivity index (χ2n) is 11.3. The Morgan fingerprint density at radius 1 is 0.314 bits per heavy atom. The van der Waals surface area contributed by atoms with Gasteiger partial charge in [-0.3, -0.25) is 0 Å². The van der Waals surface area contributed by atoms with E-state index in [-0.39, 0.29) is 10.8 Å². The Bertz CT molecular complexity index is 2680. The summed E-state index contributed by atoms with van der Waals surface area (Å²) in [4.78, 5) is 0. The van der Waals surface area contributed by atoms with E-state index in [0.717, 1.165) is 36.4 Å². The topological polar surface area (TPSA) is 27.7 Å². The largest absolute Gasteiger partial charge is 0.864 e. The van der Waals surface area contributed by atoms with Crippen LogP contribution in [0.25, 0.3) is 53.9 Å². The first-order valence-corrected chi connectivity index (χ1v) is 14.6. The molecule has 15 heteroatoms. The fourth-order valence-corrected chi connectivity index (χ4v) is 6.24. The van der Waals surface area contributed by atoms with Crippen LogP contribution in [-0.4, -0.2) is 7.32 Å². The minimum Gasteiger partial charge on any atom is -0.489 e. The van der Waals surface area contributed by atoms with Crippen LogP contribution < -0.4 is 14.0 Å². The van der Waals surface area contributed by atoms with Crippen molar-refractivity contribution < 1.29 is 62.3 Å². The zero-order valence-corrected chi connectivity index (χ0v) is 24.9. The van der Waals surface area contributed by atoms with Gasteiger partial charge in [0.15, 0.2) is 52.3 Å². The van der Waals surface area contributed by atoms with Gasteiger partial charge in [-0.1, -0.05) is 12.1 Å². The van der Waals surface area contributed by atoms with E-state index in [1.165, 1.54) is 12.1 Å². The highest BCUT2D eigenvalue weighted by Gasteiger charge is 2.37. The summed E-state index contributed by atoms with van der Waals surface area (Å²) in [5.74, 6) is -19.4. The molecule has 51 heavy (non-hydrogen) atoms. The van der Waals surface area contributed by atoms with Crippen molar-refractivity contribution >= 4 is 61.2 Å². The number of benzene rings is 8. The van der Waals surface area contributed by atoms with Gasteiger partial charge in [-0.25, -0.2) is 43.9 Å². The molecule has 0 saturated heterocycles. The Hall–Kier alpha value is -5.99. The quantitative estimate of drug-likeness (QED) is 0.0976. The Kier molecular flexibility index (Phi) is 7.29. The van der Waals surface area contributed by atoms with Crippen LogP contribution in [0.5, 0.6) is 17.2 Å². The Balaban J connectivity index is 1.36. The molecule has 0 heterocycles. The molecule has 0 spiro atoms. The van der Waals surface area contributed by atoms with Gasteiger partial charge in [-0.05, 0) is 66.0 Å². The molecule has 0 unspecified atom stereocenters. The molecule has 0 bridgehead atoms. The van der Waals surface area contributed by atoms with E-state index in [1.807, 2.05) is 0 Å². The molecule has 0 amide bonds. The first kappa shape index (κ1) is 32.2. The van der Waals surface area contributed by atoms with E-state index in [9.17, 15) is 30.7 Å². The minimum absolute atomic E-state index is 0.0999. The minimum atomic E-state index is -2.40. The van der Waals surface area contributed by atoms with Crippen molar-refractivity contribution in [1.29, 1.82) is 0 Å². The van der Waals surface area contributed by atoms with Gasteiger partial charge in [0.05, 0.1) is 21.5 Å². The summed E-state index contributed by atoms with van der Waals surface area (Å²) in [5.41, 5.74) is 0. The van der Waals surface area contributed by atoms with Crippen molar-refractivity contribution in [3.8, 4) is 17.2 Å². The fraction of sp³-hybridized carbons (Fsp3) is 0. The van der Waals surface area contributed by atoms with Gasteiger partial charge < -0.3 is 14.0 Å². The van der Waals surface area contributed by atoms with Crippen LogP contribution in [0.15, 0.2) is 72.8 Å². The predicted octanol–water partition coefficient (Wildman–Crippen LogP) is 10.9. The molecule has 8 rings (SSSR count). The molecule has 8 aromatic rings. The monoisotopic (exact) mass is 712 g/mol. The molecule has 0 fully saturated rings. The summed E-state index contributed by atoms with van der Waals surface area (Å²) in [7, 11) is -2.40. The van der Waals surface area contributed by atoms with Crippen molar-refractivity contribution in [2.75, 3.05) is 0 Å². The number of hydrogen-bond donors (Lipinski definition) is 0. The Morgan fingerprint density at radius 3 is 1.31 bits per heavy atom. The lowest BCUT2D eigenvalue weighted by molar-refractivity contribution is 0.302. The van der Waals surface area contributed by atoms with E-state index in [4.69, 9.17) is 14.0 Å². The van der Waals surface area contributed by atoms with Crippen molar-refractivity contribution in [3.63, 3.8) is 0 Å². The summed E-state index contributed by atoms with van der Waals surface area (Å²) in [6.45, 7) is 0. The molecule has 0 aromatic heterocycles. The molecule has 0 saturated carbocycles. The predicted molar refractivity (Wildman–Crippen MR) is 165 cm³/mol. The SMILES string of the molecule is Fc1ccc2c(OB(Oc3ccc(F)c4c(F)c(F)ccc34)Oc3c(F)c(F)c4c(F)c(F)c5c(F)ccc6ccc3c4c65)ccc(F)c2c1F. The van der Waals surface area contributed by atoms with Crippen LogP contribution in [-0.2, 0) is 0 Å². The van der Waals surface area contributed by atoms with Crippen LogP contribution in [0.4, 0.5) is 48.3 Å². The highest BCUT2D eigenvalue weighted by Crippen LogP contribution is 2.45. The third-order valence-electron chi connectivity index (χ3n) is 8.49. The summed E-state index contributed by atoms with van der Waals surface area (Å²) < 4.78 is 181. The maximum atomic E-state index is 15.9. The molecule has 0 aliphatic heterocycles. The molecule has 3 nitrogen and oxygen atoms in total. The third-order valence-corrected chi connectivity index (χ3v) is 8.49. The summed E-state index contributed by atoms with van der Waals surface area (Å²) in [6, 6.07) is 10.7. The molecule has 0 aliphatic rings. The lowest BCUT2D eigenvalue weighted by atomic mass is 9.92. The number of hydrogen-bond acceptors (Lipinski definition) is 3. The van der Waals surface area contributed by atoms with Gasteiger partial charge in [0.2, 0.25) is 0 Å². The van der Waals surface area contributed by atoms with E-state index < -0.39 is 132 Å². The summed E-state index contributed by atoms with van der Waals surface area (Å²) >= 11 is 0. The van der Waals surface area contributed by atoms with Crippen molar-refractivity contribution in [2.24, 2.45) is 0 Å². The average molecular weight is 712 g/mol. The van der Waals surface area contributed by atoms with Crippen molar-refractivity contribution in [1.82, 2.24) is 0 Å². The van der Waals surface area contributed by atoms with Gasteiger partial charge >= 0.3 is 7.32 Å². The zero-order chi connectivity index (χ0) is 36.0. The van der Waals surface area contributed by atoms with E-state index in [2.05, 4.69) is 0 Å². The highest BCUT2D eigenvalue weighted by molar-refractivity contribution is 6.40. The lowest BCUT2D eigenvalue weighted by Gasteiger charge is -2.21. The molecule has 254 valence electrons. The smallest absolute Gasteiger partial charge is 0.489 e. The number of halogens is 11. The van der Waals surface area contributed by atoms with E-state index in [1.54, 1.807) is 0 Å². The molecule has 0 atom stereocenters. The zero-order valence-electron chi connectivity index (χ0n) is 24.9. The lowest BCUT2D eigenvalue weighted by Crippen LogP contribution is -2.37. The Labute approximate surface area is 277 Å². The summed E-state index contributed by atoms with van der Waals surface area (Å²) in [6.07, 6.45) is 0. The van der Waals surface area contributed by atoms with E-state index in [0.29, 0.717) is 24.3 Å². The van der Waals surface area contributed by atoms with Crippen LogP contribution in [0, 0.1) is 64.0 Å². The van der Waals surface area contributed by atoms with E-state index >= 15 is 17.6 Å². The highest BCUT2D eigenvalue weighted by atomic mass is 19.2. The first-order chi connectivity index (χ1) is 24.4. The third kappa shape index (κ3) is 4.74. The van der Waals surface area contributed by atoms with Crippen LogP contribution in [0.1, 0.15) is 0 Å². The first-order valence-electron chi connectivity index (χ1n) is 14.6. The van der Waals surface area contributed by atoms with Crippen LogP contribution in [0.2, 0.25) is 0 Å². The van der Waals surface area contributed by atoms with Gasteiger partial charge in [0.25, 0.3) is 0 Å². The molecule has 0 aliphatic carbocycles. The average Bonchev–Trinajstić information content (AvgIpc) is 3.10. The van der Waals surface area contributed by atoms with Crippen LogP contribution >= 0.6 is 0 Å². The normalized spacial score (nSPS) is 11.8. The second kappa shape index (κ2) is 11.5. The van der Waals surface area contributed by atoms with Gasteiger partial charge in [-0.2, -0.15) is 4.39 Å². The number of fused-ring (bicyclic) bond motifs is 2. The maximum absolute atomic E-state index is 15.9. The fourth-order valence-electron chi connectivity index (χ4n) is 6.24. The molecular formula is C36H12BF11O3. The van der Waals surface area contributed by atoms with Crippen molar-refractivity contribution in [3.05, 3.63) is 137 Å². The number of rotatable bonds is 6. The second-order valence-corrected chi connectivity index (χ2v) is 11.3. The molecule has 0 N–H and O–H groups in total. The van der Waals surface area contributed by atoms with Crippen LogP contribution in [0.3, 0.4) is 0 Å². The molecular weight excluding hydrogens is 700 g/mol. The standard InChI is InChI=1S/C36H12BF11O3/c38-17-9-11-22(14-4-7-20(41)30(43)25(14)17)49-37(50-23-12-10-18(39)26-15(23)5-8-21(42)31(26)44)51-36-16-3-1-13-2-6-19(40)28-24(13)27(16)29(33(46)32(28)45)34(47)35(36)48/h1-12H. The molecule has 8 aromatic carbocycles.